The monoisotopic (exact) mass is 238 g/mol. The van der Waals surface area contributed by atoms with Crippen LogP contribution in [0.1, 0.15) is 0 Å². The Bertz CT molecular complexity index is 486. The van der Waals surface area contributed by atoms with E-state index in [2.05, 4.69) is 53.8 Å². The lowest BCUT2D eigenvalue weighted by atomic mass is 10.1. The smallest absolute Gasteiger partial charge is 0.0343 e. The van der Waals surface area contributed by atoms with E-state index in [1.54, 1.807) is 0 Å². The molecule has 0 bridgehead atoms. The van der Waals surface area contributed by atoms with Gasteiger partial charge in [-0.2, -0.15) is 0 Å². The molecule has 2 rings (SSSR count). The predicted molar refractivity (Wildman–Crippen MR) is 78.6 cm³/mol. The van der Waals surface area contributed by atoms with Crippen LogP contribution in [0.2, 0.25) is 0 Å². The molecule has 0 saturated carbocycles. The second kappa shape index (κ2) is 6.62. The van der Waals surface area contributed by atoms with E-state index in [1.165, 1.54) is 11.1 Å². The van der Waals surface area contributed by atoms with Gasteiger partial charge >= 0.3 is 0 Å². The number of hydrogen-bond acceptors (Lipinski definition) is 2. The van der Waals surface area contributed by atoms with Gasteiger partial charge in [-0.1, -0.05) is 54.6 Å². The van der Waals surface area contributed by atoms with Crippen molar-refractivity contribution in [2.45, 2.75) is 0 Å². The molecule has 3 N–H and O–H groups in total. The summed E-state index contributed by atoms with van der Waals surface area (Å²) in [6.07, 6.45) is 3.98. The van der Waals surface area contributed by atoms with Crippen molar-refractivity contribution < 1.29 is 0 Å². The second-order valence-corrected chi connectivity index (χ2v) is 4.03. The van der Waals surface area contributed by atoms with Gasteiger partial charge in [-0.25, -0.2) is 0 Å². The Hall–Kier alpha value is -2.06. The van der Waals surface area contributed by atoms with Crippen LogP contribution in [0.25, 0.3) is 11.1 Å². The minimum atomic E-state index is 0.592. The third kappa shape index (κ3) is 3.47. The van der Waals surface area contributed by atoms with E-state index in [9.17, 15) is 0 Å². The zero-order chi connectivity index (χ0) is 12.6. The van der Waals surface area contributed by atoms with Crippen LogP contribution in [0, 0.1) is 0 Å². The van der Waals surface area contributed by atoms with Crippen LogP contribution >= 0.6 is 0 Å². The zero-order valence-electron chi connectivity index (χ0n) is 10.3. The van der Waals surface area contributed by atoms with Crippen molar-refractivity contribution in [2.75, 3.05) is 18.4 Å². The molecule has 0 aliphatic rings. The van der Waals surface area contributed by atoms with Crippen molar-refractivity contribution in [1.82, 2.24) is 0 Å². The van der Waals surface area contributed by atoms with E-state index >= 15 is 0 Å². The van der Waals surface area contributed by atoms with E-state index in [4.69, 9.17) is 5.73 Å². The Morgan fingerprint density at radius 3 is 2.17 bits per heavy atom. The number of nitrogens with one attached hydrogen (secondary N) is 1. The first-order valence-corrected chi connectivity index (χ1v) is 6.14. The molecular formula is C16H18N2. The lowest BCUT2D eigenvalue weighted by Crippen LogP contribution is -1.99. The van der Waals surface area contributed by atoms with Crippen LogP contribution in [-0.4, -0.2) is 13.1 Å². The number of benzene rings is 2. The molecule has 0 aliphatic heterocycles. The SMILES string of the molecule is NC/C=C/CNc1ccc(-c2ccccc2)cc1. The fraction of sp³-hybridized carbons (Fsp3) is 0.125. The third-order valence-electron chi connectivity index (χ3n) is 2.72. The Kier molecular flexibility index (Phi) is 4.56. The van der Waals surface area contributed by atoms with E-state index in [-0.39, 0.29) is 0 Å². The van der Waals surface area contributed by atoms with Crippen LogP contribution in [0.4, 0.5) is 5.69 Å². The Labute approximate surface area is 108 Å². The Morgan fingerprint density at radius 1 is 0.833 bits per heavy atom. The van der Waals surface area contributed by atoms with Gasteiger partial charge in [0.2, 0.25) is 0 Å². The molecule has 18 heavy (non-hydrogen) atoms. The van der Waals surface area contributed by atoms with Crippen molar-refractivity contribution in [2.24, 2.45) is 5.73 Å². The maximum atomic E-state index is 5.38. The average Bonchev–Trinajstić information content (AvgIpc) is 2.45. The molecule has 0 aliphatic carbocycles. The van der Waals surface area contributed by atoms with Crippen LogP contribution in [0.5, 0.6) is 0 Å². The van der Waals surface area contributed by atoms with Gasteiger partial charge < -0.3 is 11.1 Å². The maximum absolute atomic E-state index is 5.38. The van der Waals surface area contributed by atoms with Gasteiger partial charge in [0.15, 0.2) is 0 Å². The molecule has 2 heteroatoms. The van der Waals surface area contributed by atoms with Crippen molar-refractivity contribution in [3.05, 3.63) is 66.7 Å². The van der Waals surface area contributed by atoms with Gasteiger partial charge in [0.05, 0.1) is 0 Å². The highest BCUT2D eigenvalue weighted by Gasteiger charge is 1.96. The fourth-order valence-corrected chi connectivity index (χ4v) is 1.77. The lowest BCUT2D eigenvalue weighted by molar-refractivity contribution is 1.22. The summed E-state index contributed by atoms with van der Waals surface area (Å²) < 4.78 is 0. The van der Waals surface area contributed by atoms with Crippen molar-refractivity contribution in [3.63, 3.8) is 0 Å². The molecule has 0 aromatic heterocycles. The molecule has 0 heterocycles. The van der Waals surface area contributed by atoms with E-state index < -0.39 is 0 Å². The summed E-state index contributed by atoms with van der Waals surface area (Å²) in [5.41, 5.74) is 8.98. The van der Waals surface area contributed by atoms with Crippen LogP contribution in [0.3, 0.4) is 0 Å². The molecule has 0 unspecified atom stereocenters. The fourth-order valence-electron chi connectivity index (χ4n) is 1.77. The highest BCUT2D eigenvalue weighted by atomic mass is 14.8. The van der Waals surface area contributed by atoms with Crippen LogP contribution in [0.15, 0.2) is 66.7 Å². The largest absolute Gasteiger partial charge is 0.382 e. The van der Waals surface area contributed by atoms with E-state index in [1.807, 2.05) is 18.2 Å². The van der Waals surface area contributed by atoms with Gasteiger partial charge in [0.25, 0.3) is 0 Å². The van der Waals surface area contributed by atoms with Gasteiger partial charge in [0.1, 0.15) is 0 Å². The molecule has 2 aromatic carbocycles. The molecule has 2 aromatic rings. The minimum Gasteiger partial charge on any atom is -0.382 e. The summed E-state index contributed by atoms with van der Waals surface area (Å²) in [6.45, 7) is 1.40. The zero-order valence-corrected chi connectivity index (χ0v) is 10.3. The summed E-state index contributed by atoms with van der Waals surface area (Å²) in [4.78, 5) is 0. The molecule has 0 radical (unpaired) electrons. The normalized spacial score (nSPS) is 10.7. The Morgan fingerprint density at radius 2 is 1.50 bits per heavy atom. The molecule has 0 fully saturated rings. The summed E-state index contributed by atoms with van der Waals surface area (Å²) >= 11 is 0. The van der Waals surface area contributed by atoms with Gasteiger partial charge in [-0.15, -0.1) is 0 Å². The van der Waals surface area contributed by atoms with Crippen molar-refractivity contribution in [3.8, 4) is 11.1 Å². The van der Waals surface area contributed by atoms with E-state index in [0.717, 1.165) is 12.2 Å². The number of hydrogen-bond donors (Lipinski definition) is 2. The van der Waals surface area contributed by atoms with Crippen molar-refractivity contribution >= 4 is 5.69 Å². The standard InChI is InChI=1S/C16H18N2/c17-12-4-5-13-18-16-10-8-15(9-11-16)14-6-2-1-3-7-14/h1-11,18H,12-13,17H2/b5-4+. The lowest BCUT2D eigenvalue weighted by Gasteiger charge is -2.05. The highest BCUT2D eigenvalue weighted by Crippen LogP contribution is 2.20. The minimum absolute atomic E-state index is 0.592. The molecule has 0 saturated heterocycles. The third-order valence-corrected chi connectivity index (χ3v) is 2.72. The number of anilines is 1. The van der Waals surface area contributed by atoms with E-state index in [0.29, 0.717) is 6.54 Å². The first-order chi connectivity index (χ1) is 8.90. The van der Waals surface area contributed by atoms with Crippen LogP contribution < -0.4 is 11.1 Å². The first kappa shape index (κ1) is 12.4. The second-order valence-electron chi connectivity index (χ2n) is 4.03. The van der Waals surface area contributed by atoms with Crippen molar-refractivity contribution in [1.29, 1.82) is 0 Å². The maximum Gasteiger partial charge on any atom is 0.0343 e. The van der Waals surface area contributed by atoms with Gasteiger partial charge in [-0.05, 0) is 23.3 Å². The number of nitrogens with two attached hydrogens (primary N) is 1. The summed E-state index contributed by atoms with van der Waals surface area (Å²) in [7, 11) is 0. The topological polar surface area (TPSA) is 38.0 Å². The summed E-state index contributed by atoms with van der Waals surface area (Å²) in [5.74, 6) is 0. The molecule has 0 atom stereocenters. The first-order valence-electron chi connectivity index (χ1n) is 6.14. The Balaban J connectivity index is 2.00. The molecular weight excluding hydrogens is 220 g/mol. The average molecular weight is 238 g/mol. The molecule has 2 nitrogen and oxygen atoms in total. The molecule has 0 amide bonds. The molecule has 92 valence electrons. The highest BCUT2D eigenvalue weighted by molar-refractivity contribution is 5.65. The van der Waals surface area contributed by atoms with Gasteiger partial charge in [-0.3, -0.25) is 0 Å². The van der Waals surface area contributed by atoms with Gasteiger partial charge in [0, 0.05) is 18.8 Å². The summed E-state index contributed by atoms with van der Waals surface area (Å²) in [6, 6.07) is 18.8. The van der Waals surface area contributed by atoms with Crippen LogP contribution in [-0.2, 0) is 0 Å². The summed E-state index contributed by atoms with van der Waals surface area (Å²) in [5, 5.41) is 3.32. The predicted octanol–water partition coefficient (Wildman–Crippen LogP) is 3.28. The quantitative estimate of drug-likeness (QED) is 0.784. The number of rotatable bonds is 5. The molecule has 0 spiro atoms.